The Morgan fingerprint density at radius 2 is 2.24 bits per heavy atom. The molecule has 1 unspecified atom stereocenters. The molecule has 1 aliphatic heterocycles. The summed E-state index contributed by atoms with van der Waals surface area (Å²) in [5.41, 5.74) is 1.08. The first kappa shape index (κ1) is 13.8. The maximum absolute atomic E-state index is 12.9. The summed E-state index contributed by atoms with van der Waals surface area (Å²) in [7, 11) is 0. The molecule has 21 heavy (non-hydrogen) atoms. The molecule has 1 aliphatic rings. The number of amides is 1. The van der Waals surface area contributed by atoms with E-state index in [0.717, 1.165) is 25.1 Å². The van der Waals surface area contributed by atoms with Crippen molar-refractivity contribution in [3.05, 3.63) is 48.3 Å². The van der Waals surface area contributed by atoms with Crippen LogP contribution in [-0.4, -0.2) is 34.7 Å². The van der Waals surface area contributed by atoms with Gasteiger partial charge in [-0.25, -0.2) is 9.37 Å². The van der Waals surface area contributed by atoms with Crippen molar-refractivity contribution in [2.75, 3.05) is 13.2 Å². The number of hydrogen-bond donors (Lipinski definition) is 1. The van der Waals surface area contributed by atoms with Crippen LogP contribution in [0.25, 0.3) is 5.69 Å². The van der Waals surface area contributed by atoms with Crippen molar-refractivity contribution < 1.29 is 13.9 Å². The Morgan fingerprint density at radius 3 is 2.95 bits per heavy atom. The summed E-state index contributed by atoms with van der Waals surface area (Å²) in [6.07, 6.45) is 5.28. The van der Waals surface area contributed by atoms with Gasteiger partial charge in [-0.05, 0) is 37.1 Å². The van der Waals surface area contributed by atoms with Gasteiger partial charge in [-0.1, -0.05) is 0 Å². The third-order valence-corrected chi connectivity index (χ3v) is 3.45. The molecule has 0 bridgehead atoms. The average Bonchev–Trinajstić information content (AvgIpc) is 3.17. The van der Waals surface area contributed by atoms with E-state index in [2.05, 4.69) is 10.3 Å². The molecule has 0 saturated carbocycles. The third kappa shape index (κ3) is 3.28. The van der Waals surface area contributed by atoms with Crippen LogP contribution in [0.15, 0.2) is 36.8 Å². The second-order valence-corrected chi connectivity index (χ2v) is 4.99. The van der Waals surface area contributed by atoms with Gasteiger partial charge in [0, 0.05) is 25.0 Å². The van der Waals surface area contributed by atoms with Gasteiger partial charge in [0.2, 0.25) is 0 Å². The van der Waals surface area contributed by atoms with Gasteiger partial charge < -0.3 is 14.6 Å². The Bertz CT molecular complexity index is 618. The first-order valence-electron chi connectivity index (χ1n) is 6.92. The van der Waals surface area contributed by atoms with E-state index in [1.807, 2.05) is 0 Å². The standard InChI is InChI=1S/C15H16FN3O2/c16-11-3-5-12(6-4-11)19-9-14(18-10-19)15(20)17-8-13-2-1-7-21-13/h3-6,9-10,13H,1-2,7-8H2,(H,17,20). The molecule has 1 atom stereocenters. The Labute approximate surface area is 121 Å². The van der Waals surface area contributed by atoms with Gasteiger partial charge in [-0.2, -0.15) is 0 Å². The molecule has 1 saturated heterocycles. The molecule has 6 heteroatoms. The summed E-state index contributed by atoms with van der Waals surface area (Å²) in [6, 6.07) is 6.00. The molecule has 0 radical (unpaired) electrons. The SMILES string of the molecule is O=C(NCC1CCCO1)c1cn(-c2ccc(F)cc2)cn1. The van der Waals surface area contributed by atoms with Gasteiger partial charge in [0.25, 0.3) is 5.91 Å². The normalized spacial score (nSPS) is 17.9. The van der Waals surface area contributed by atoms with E-state index in [4.69, 9.17) is 4.74 Å². The predicted molar refractivity (Wildman–Crippen MR) is 74.8 cm³/mol. The molecule has 5 nitrogen and oxygen atoms in total. The van der Waals surface area contributed by atoms with Crippen LogP contribution in [-0.2, 0) is 4.74 Å². The van der Waals surface area contributed by atoms with E-state index in [0.29, 0.717) is 12.2 Å². The summed E-state index contributed by atoms with van der Waals surface area (Å²) in [5, 5.41) is 2.82. The second kappa shape index (κ2) is 6.05. The minimum absolute atomic E-state index is 0.105. The Kier molecular flexibility index (Phi) is 3.96. The van der Waals surface area contributed by atoms with Crippen LogP contribution in [0, 0.1) is 5.82 Å². The zero-order chi connectivity index (χ0) is 14.7. The van der Waals surface area contributed by atoms with Gasteiger partial charge in [0.05, 0.1) is 6.10 Å². The lowest BCUT2D eigenvalue weighted by Gasteiger charge is -2.09. The number of rotatable bonds is 4. The molecule has 2 heterocycles. The number of aromatic nitrogens is 2. The van der Waals surface area contributed by atoms with Crippen molar-refractivity contribution in [2.45, 2.75) is 18.9 Å². The first-order chi connectivity index (χ1) is 10.2. The second-order valence-electron chi connectivity index (χ2n) is 4.99. The van der Waals surface area contributed by atoms with Crippen molar-refractivity contribution in [3.63, 3.8) is 0 Å². The molecule has 1 aromatic carbocycles. The Morgan fingerprint density at radius 1 is 1.43 bits per heavy atom. The highest BCUT2D eigenvalue weighted by Crippen LogP contribution is 2.12. The minimum atomic E-state index is -0.298. The zero-order valence-corrected chi connectivity index (χ0v) is 11.5. The van der Waals surface area contributed by atoms with Crippen molar-refractivity contribution in [3.8, 4) is 5.69 Å². The van der Waals surface area contributed by atoms with E-state index in [1.165, 1.54) is 18.5 Å². The van der Waals surface area contributed by atoms with Gasteiger partial charge in [-0.3, -0.25) is 4.79 Å². The molecule has 3 rings (SSSR count). The maximum Gasteiger partial charge on any atom is 0.271 e. The minimum Gasteiger partial charge on any atom is -0.376 e. The van der Waals surface area contributed by atoms with Crippen LogP contribution < -0.4 is 5.32 Å². The fraction of sp³-hybridized carbons (Fsp3) is 0.333. The number of ether oxygens (including phenoxy) is 1. The highest BCUT2D eigenvalue weighted by molar-refractivity contribution is 5.92. The molecule has 1 amide bonds. The van der Waals surface area contributed by atoms with E-state index in [1.54, 1.807) is 22.9 Å². The largest absolute Gasteiger partial charge is 0.376 e. The predicted octanol–water partition coefficient (Wildman–Crippen LogP) is 1.92. The maximum atomic E-state index is 12.9. The summed E-state index contributed by atoms with van der Waals surface area (Å²) in [5.74, 6) is -0.528. The van der Waals surface area contributed by atoms with E-state index >= 15 is 0 Å². The summed E-state index contributed by atoms with van der Waals surface area (Å²) < 4.78 is 20.0. The van der Waals surface area contributed by atoms with Crippen molar-refractivity contribution in [1.29, 1.82) is 0 Å². The Hall–Kier alpha value is -2.21. The van der Waals surface area contributed by atoms with Crippen molar-refractivity contribution in [1.82, 2.24) is 14.9 Å². The fourth-order valence-corrected chi connectivity index (χ4v) is 2.30. The molecule has 1 N–H and O–H groups in total. The number of benzene rings is 1. The number of imidazole rings is 1. The molecule has 2 aromatic rings. The van der Waals surface area contributed by atoms with Crippen LogP contribution in [0.4, 0.5) is 4.39 Å². The van der Waals surface area contributed by atoms with Gasteiger partial charge in [0.1, 0.15) is 17.8 Å². The van der Waals surface area contributed by atoms with Crippen LogP contribution in [0.5, 0.6) is 0 Å². The molecule has 1 aromatic heterocycles. The Balaban J connectivity index is 1.63. The van der Waals surface area contributed by atoms with Gasteiger partial charge in [0.15, 0.2) is 0 Å². The molecular weight excluding hydrogens is 273 g/mol. The van der Waals surface area contributed by atoms with E-state index < -0.39 is 0 Å². The zero-order valence-electron chi connectivity index (χ0n) is 11.5. The van der Waals surface area contributed by atoms with Gasteiger partial charge >= 0.3 is 0 Å². The third-order valence-electron chi connectivity index (χ3n) is 3.45. The first-order valence-corrected chi connectivity index (χ1v) is 6.92. The molecule has 1 fully saturated rings. The number of hydrogen-bond acceptors (Lipinski definition) is 3. The summed E-state index contributed by atoms with van der Waals surface area (Å²) in [4.78, 5) is 16.1. The van der Waals surface area contributed by atoms with E-state index in [9.17, 15) is 9.18 Å². The number of nitrogens with one attached hydrogen (secondary N) is 1. The van der Waals surface area contributed by atoms with Crippen molar-refractivity contribution in [2.24, 2.45) is 0 Å². The van der Waals surface area contributed by atoms with Crippen molar-refractivity contribution >= 4 is 5.91 Å². The van der Waals surface area contributed by atoms with E-state index in [-0.39, 0.29) is 17.8 Å². The monoisotopic (exact) mass is 289 g/mol. The lowest BCUT2D eigenvalue weighted by atomic mass is 10.2. The summed E-state index contributed by atoms with van der Waals surface area (Å²) >= 11 is 0. The average molecular weight is 289 g/mol. The van der Waals surface area contributed by atoms with Crippen LogP contribution in [0.1, 0.15) is 23.3 Å². The lowest BCUT2D eigenvalue weighted by molar-refractivity contribution is 0.0854. The highest BCUT2D eigenvalue weighted by atomic mass is 19.1. The quantitative estimate of drug-likeness (QED) is 0.935. The summed E-state index contributed by atoms with van der Waals surface area (Å²) in [6.45, 7) is 1.27. The topological polar surface area (TPSA) is 56.1 Å². The lowest BCUT2D eigenvalue weighted by Crippen LogP contribution is -2.31. The molecule has 0 spiro atoms. The van der Waals surface area contributed by atoms with Crippen LogP contribution in [0.2, 0.25) is 0 Å². The number of carbonyl (C=O) groups excluding carboxylic acids is 1. The number of nitrogens with zero attached hydrogens (tertiary/aromatic N) is 2. The number of halogens is 1. The van der Waals surface area contributed by atoms with Gasteiger partial charge in [-0.15, -0.1) is 0 Å². The van der Waals surface area contributed by atoms with Crippen LogP contribution >= 0.6 is 0 Å². The smallest absolute Gasteiger partial charge is 0.271 e. The molecule has 0 aliphatic carbocycles. The number of carbonyl (C=O) groups is 1. The fourth-order valence-electron chi connectivity index (χ4n) is 2.30. The molecule has 110 valence electrons. The van der Waals surface area contributed by atoms with Crippen LogP contribution in [0.3, 0.4) is 0 Å². The molecular formula is C15H16FN3O2. The highest BCUT2D eigenvalue weighted by Gasteiger charge is 2.17.